The van der Waals surface area contributed by atoms with Crippen LogP contribution in [0.1, 0.15) is 63.6 Å². The molecular weight excluding hydrogens is 341 g/mol. The number of carbonyl (C=O) groups is 1. The maximum Gasteiger partial charge on any atom is 0.161 e. The van der Waals surface area contributed by atoms with Crippen LogP contribution in [0.4, 0.5) is 10.2 Å². The Morgan fingerprint density at radius 3 is 2.63 bits per heavy atom. The quantitative estimate of drug-likeness (QED) is 0.804. The predicted octanol–water partition coefficient (Wildman–Crippen LogP) is 5.27. The molecule has 2 aliphatic rings. The second-order valence-corrected chi connectivity index (χ2v) is 8.54. The summed E-state index contributed by atoms with van der Waals surface area (Å²) in [5.74, 6) is 0.991. The first-order valence-electron chi connectivity index (χ1n) is 9.69. The summed E-state index contributed by atoms with van der Waals surface area (Å²) >= 11 is 0. The van der Waals surface area contributed by atoms with Crippen molar-refractivity contribution in [1.29, 1.82) is 0 Å². The number of rotatable bonds is 3. The predicted molar refractivity (Wildman–Crippen MR) is 105 cm³/mol. The van der Waals surface area contributed by atoms with Crippen molar-refractivity contribution >= 4 is 11.6 Å². The first-order valence-corrected chi connectivity index (χ1v) is 9.69. The van der Waals surface area contributed by atoms with Crippen LogP contribution in [-0.2, 0) is 4.79 Å². The Morgan fingerprint density at radius 2 is 1.96 bits per heavy atom. The van der Waals surface area contributed by atoms with Gasteiger partial charge in [0.25, 0.3) is 0 Å². The second-order valence-electron chi connectivity index (χ2n) is 8.54. The summed E-state index contributed by atoms with van der Waals surface area (Å²) in [4.78, 5) is 13.0. The van der Waals surface area contributed by atoms with E-state index in [4.69, 9.17) is 5.10 Å². The molecule has 2 aromatic rings. The summed E-state index contributed by atoms with van der Waals surface area (Å²) in [5.41, 5.74) is 4.77. The minimum absolute atomic E-state index is 0.0487. The first kappa shape index (κ1) is 18.0. The molecule has 4 nitrogen and oxygen atoms in total. The number of ketones is 1. The molecule has 0 fully saturated rings. The Morgan fingerprint density at radius 1 is 1.26 bits per heavy atom. The topological polar surface area (TPSA) is 46.9 Å². The van der Waals surface area contributed by atoms with Gasteiger partial charge in [-0.05, 0) is 49.4 Å². The zero-order valence-corrected chi connectivity index (χ0v) is 16.4. The zero-order chi connectivity index (χ0) is 19.3. The molecule has 0 saturated heterocycles. The zero-order valence-electron chi connectivity index (χ0n) is 16.4. The number of fused-ring (bicyclic) bond motifs is 1. The van der Waals surface area contributed by atoms with E-state index in [0.29, 0.717) is 6.42 Å². The molecule has 0 bridgehead atoms. The average molecular weight is 367 g/mol. The molecule has 1 atom stereocenters. The lowest BCUT2D eigenvalue weighted by molar-refractivity contribution is -0.118. The monoisotopic (exact) mass is 367 g/mol. The number of nitrogens with one attached hydrogen (secondary N) is 1. The summed E-state index contributed by atoms with van der Waals surface area (Å²) < 4.78 is 15.2. The smallest absolute Gasteiger partial charge is 0.161 e. The molecule has 2 heterocycles. The maximum absolute atomic E-state index is 13.4. The van der Waals surface area contributed by atoms with Crippen molar-refractivity contribution in [1.82, 2.24) is 9.78 Å². The van der Waals surface area contributed by atoms with E-state index in [1.165, 1.54) is 12.1 Å². The number of aromatic nitrogens is 2. The summed E-state index contributed by atoms with van der Waals surface area (Å²) in [6.45, 7) is 8.43. The minimum Gasteiger partial charge on any atom is -0.343 e. The summed E-state index contributed by atoms with van der Waals surface area (Å²) in [5, 5.41) is 8.28. The Balaban J connectivity index is 1.87. The average Bonchev–Trinajstić information content (AvgIpc) is 2.90. The highest BCUT2D eigenvalue weighted by Gasteiger charge is 2.41. The van der Waals surface area contributed by atoms with Crippen molar-refractivity contribution in [2.45, 2.75) is 59.3 Å². The van der Waals surface area contributed by atoms with Gasteiger partial charge in [0, 0.05) is 29.2 Å². The largest absolute Gasteiger partial charge is 0.343 e. The van der Waals surface area contributed by atoms with E-state index in [9.17, 15) is 9.18 Å². The van der Waals surface area contributed by atoms with Gasteiger partial charge in [-0.15, -0.1) is 0 Å². The fraction of sp³-hybridized carbons (Fsp3) is 0.455. The SMILES string of the molecule is CCC[C@@H]1C2=C(CC(C)(C)CC2=O)Nc2c1c(C)nn2-c1ccc(F)cc1. The number of benzene rings is 1. The second kappa shape index (κ2) is 6.32. The molecule has 0 saturated carbocycles. The number of carbonyl (C=O) groups excluding carboxylic acids is 1. The Hall–Kier alpha value is -2.43. The highest BCUT2D eigenvalue weighted by atomic mass is 19.1. The third-order valence-electron chi connectivity index (χ3n) is 5.64. The molecule has 5 heteroatoms. The molecule has 1 aromatic heterocycles. The van der Waals surface area contributed by atoms with Gasteiger partial charge in [0.2, 0.25) is 0 Å². The molecule has 4 rings (SSSR count). The normalized spacial score (nSPS) is 20.9. The van der Waals surface area contributed by atoms with E-state index < -0.39 is 0 Å². The number of allylic oxidation sites excluding steroid dienone is 2. The van der Waals surface area contributed by atoms with Crippen LogP contribution in [-0.4, -0.2) is 15.6 Å². The molecule has 1 N–H and O–H groups in total. The van der Waals surface area contributed by atoms with Crippen molar-refractivity contribution in [3.05, 3.63) is 52.6 Å². The van der Waals surface area contributed by atoms with Crippen molar-refractivity contribution < 1.29 is 9.18 Å². The first-order chi connectivity index (χ1) is 12.8. The van der Waals surface area contributed by atoms with Crippen LogP contribution in [0.25, 0.3) is 5.69 Å². The number of aryl methyl sites for hydroxylation is 1. The van der Waals surface area contributed by atoms with Gasteiger partial charge < -0.3 is 5.32 Å². The Bertz CT molecular complexity index is 937. The van der Waals surface area contributed by atoms with Crippen molar-refractivity contribution in [3.63, 3.8) is 0 Å². The van der Waals surface area contributed by atoms with Crippen LogP contribution in [0, 0.1) is 18.2 Å². The summed E-state index contributed by atoms with van der Waals surface area (Å²) in [7, 11) is 0. The molecule has 1 aromatic carbocycles. The standard InChI is InChI=1S/C22H26FN3O/c1-5-6-16-19-13(2)25-26(15-9-7-14(23)8-10-15)21(19)24-17-11-22(3,4)12-18(27)20(16)17/h7-10,16,24H,5-6,11-12H2,1-4H3/t16-/m0/s1. The van der Waals surface area contributed by atoms with E-state index in [1.54, 1.807) is 12.1 Å². The number of halogens is 1. The van der Waals surface area contributed by atoms with Gasteiger partial charge in [0.1, 0.15) is 11.6 Å². The molecule has 0 unspecified atom stereocenters. The van der Waals surface area contributed by atoms with Crippen LogP contribution < -0.4 is 5.32 Å². The van der Waals surface area contributed by atoms with Crippen LogP contribution >= 0.6 is 0 Å². The highest BCUT2D eigenvalue weighted by molar-refractivity contribution is 6.00. The van der Waals surface area contributed by atoms with Crippen LogP contribution in [0.15, 0.2) is 35.5 Å². The van der Waals surface area contributed by atoms with Gasteiger partial charge in [0.15, 0.2) is 5.78 Å². The molecule has 1 aliphatic heterocycles. The number of nitrogens with zero attached hydrogens (tertiary/aromatic N) is 2. The fourth-order valence-corrected chi connectivity index (χ4v) is 4.56. The molecular formula is C22H26FN3O. The highest BCUT2D eigenvalue weighted by Crippen LogP contribution is 2.49. The van der Waals surface area contributed by atoms with Crippen LogP contribution in [0.5, 0.6) is 0 Å². The van der Waals surface area contributed by atoms with Gasteiger partial charge in [-0.1, -0.05) is 27.2 Å². The molecule has 27 heavy (non-hydrogen) atoms. The molecule has 1 aliphatic carbocycles. The van der Waals surface area contributed by atoms with E-state index in [0.717, 1.165) is 53.3 Å². The van der Waals surface area contributed by atoms with E-state index in [2.05, 4.69) is 26.1 Å². The van der Waals surface area contributed by atoms with Gasteiger partial charge in [-0.25, -0.2) is 9.07 Å². The van der Waals surface area contributed by atoms with Crippen LogP contribution in [0.2, 0.25) is 0 Å². The lowest BCUT2D eigenvalue weighted by Gasteiger charge is -2.38. The molecule has 142 valence electrons. The summed E-state index contributed by atoms with van der Waals surface area (Å²) in [6, 6.07) is 6.36. The minimum atomic E-state index is -0.266. The van der Waals surface area contributed by atoms with Crippen molar-refractivity contribution in [3.8, 4) is 5.69 Å². The third-order valence-corrected chi connectivity index (χ3v) is 5.64. The number of anilines is 1. The molecule has 0 radical (unpaired) electrons. The van der Waals surface area contributed by atoms with Crippen LogP contribution in [0.3, 0.4) is 0 Å². The van der Waals surface area contributed by atoms with Gasteiger partial charge in [0.05, 0.1) is 11.4 Å². The Kier molecular flexibility index (Phi) is 4.21. The van der Waals surface area contributed by atoms with Gasteiger partial charge in [-0.2, -0.15) is 5.10 Å². The number of hydrogen-bond donors (Lipinski definition) is 1. The lowest BCUT2D eigenvalue weighted by Crippen LogP contribution is -2.33. The maximum atomic E-state index is 13.4. The summed E-state index contributed by atoms with van der Waals surface area (Å²) in [6.07, 6.45) is 3.37. The van der Waals surface area contributed by atoms with Gasteiger partial charge >= 0.3 is 0 Å². The van der Waals surface area contributed by atoms with Crippen molar-refractivity contribution in [2.75, 3.05) is 5.32 Å². The number of Topliss-reactive ketones (excluding diaryl/α,β-unsaturated/α-hetero) is 1. The van der Waals surface area contributed by atoms with E-state index in [1.807, 2.05) is 11.6 Å². The lowest BCUT2D eigenvalue weighted by atomic mass is 9.69. The fourth-order valence-electron chi connectivity index (χ4n) is 4.56. The number of hydrogen-bond acceptors (Lipinski definition) is 3. The van der Waals surface area contributed by atoms with E-state index in [-0.39, 0.29) is 22.9 Å². The molecule has 0 amide bonds. The van der Waals surface area contributed by atoms with Gasteiger partial charge in [-0.3, -0.25) is 4.79 Å². The Labute approximate surface area is 159 Å². The van der Waals surface area contributed by atoms with E-state index >= 15 is 0 Å². The molecule has 0 spiro atoms. The third kappa shape index (κ3) is 2.99. The van der Waals surface area contributed by atoms with Crippen molar-refractivity contribution in [2.24, 2.45) is 5.41 Å².